The van der Waals surface area contributed by atoms with Crippen LogP contribution in [0.15, 0.2) is 119 Å². The minimum absolute atomic E-state index is 0.207. The van der Waals surface area contributed by atoms with E-state index in [2.05, 4.69) is 85.1 Å². The van der Waals surface area contributed by atoms with Crippen LogP contribution >= 0.6 is 0 Å². The molecule has 4 aromatic carbocycles. The molecule has 0 heterocycles. The molecule has 3 nitrogen and oxygen atoms in total. The van der Waals surface area contributed by atoms with Gasteiger partial charge in [-0.25, -0.2) is 4.21 Å². The highest BCUT2D eigenvalue weighted by molar-refractivity contribution is 7.85. The van der Waals surface area contributed by atoms with Crippen LogP contribution in [0.5, 0.6) is 0 Å². The topological polar surface area (TPSA) is 41.1 Å². The van der Waals surface area contributed by atoms with E-state index in [1.54, 1.807) is 0 Å². The summed E-state index contributed by atoms with van der Waals surface area (Å²) in [5.74, 6) is 0. The summed E-state index contributed by atoms with van der Waals surface area (Å²) in [7, 11) is -1.27. The second kappa shape index (κ2) is 11.9. The molecule has 0 aliphatic heterocycles. The molecule has 0 aliphatic carbocycles. The van der Waals surface area contributed by atoms with Gasteiger partial charge in [-0.3, -0.25) is 0 Å². The van der Waals surface area contributed by atoms with Gasteiger partial charge >= 0.3 is 0 Å². The van der Waals surface area contributed by atoms with Gasteiger partial charge in [-0.2, -0.15) is 0 Å². The van der Waals surface area contributed by atoms with E-state index in [0.29, 0.717) is 13.1 Å². The number of hydrogen-bond acceptors (Lipinski definition) is 3. The maximum atomic E-state index is 13.8. The predicted octanol–water partition coefficient (Wildman–Crippen LogP) is 6.55. The molecule has 4 heteroatoms. The summed E-state index contributed by atoms with van der Waals surface area (Å²) in [6, 6.07) is 37.3. The Morgan fingerprint density at radius 2 is 0.912 bits per heavy atom. The normalized spacial score (nSPS) is 13.0. The lowest BCUT2D eigenvalue weighted by atomic mass is 10.1. The van der Waals surface area contributed by atoms with Gasteiger partial charge in [-0.15, -0.1) is 0 Å². The largest absolute Gasteiger partial charge is 0.306 e. The zero-order valence-electron chi connectivity index (χ0n) is 19.8. The molecule has 0 aliphatic rings. The van der Waals surface area contributed by atoms with Gasteiger partial charge < -0.3 is 10.6 Å². The number of rotatable bonds is 10. The fourth-order valence-electron chi connectivity index (χ4n) is 4.03. The highest BCUT2D eigenvalue weighted by atomic mass is 32.2. The number of benzene rings is 4. The fourth-order valence-corrected chi connectivity index (χ4v) is 5.42. The minimum Gasteiger partial charge on any atom is -0.306 e. The van der Waals surface area contributed by atoms with Crippen molar-refractivity contribution in [1.82, 2.24) is 10.6 Å². The maximum Gasteiger partial charge on any atom is 0.0856 e. The van der Waals surface area contributed by atoms with Crippen LogP contribution in [0.2, 0.25) is 0 Å². The van der Waals surface area contributed by atoms with Crippen molar-refractivity contribution in [1.29, 1.82) is 0 Å². The third-order valence-corrected chi connectivity index (χ3v) is 7.74. The van der Waals surface area contributed by atoms with Crippen molar-refractivity contribution in [2.24, 2.45) is 0 Å². The predicted molar refractivity (Wildman–Crippen MR) is 141 cm³/mol. The first-order valence-corrected chi connectivity index (χ1v) is 12.9. The minimum atomic E-state index is -1.27. The maximum absolute atomic E-state index is 13.8. The number of nitrogens with one attached hydrogen (secondary N) is 2. The lowest BCUT2D eigenvalue weighted by Crippen LogP contribution is -2.20. The van der Waals surface area contributed by atoms with E-state index in [0.717, 1.165) is 20.9 Å². The Labute approximate surface area is 205 Å². The van der Waals surface area contributed by atoms with E-state index < -0.39 is 10.8 Å². The Hall–Kier alpha value is -3.05. The average molecular weight is 469 g/mol. The van der Waals surface area contributed by atoms with Crippen molar-refractivity contribution >= 4 is 10.8 Å². The van der Waals surface area contributed by atoms with Crippen molar-refractivity contribution in [3.8, 4) is 0 Å². The van der Waals surface area contributed by atoms with Gasteiger partial charge in [-0.1, -0.05) is 97.1 Å². The van der Waals surface area contributed by atoms with Crippen LogP contribution in [0, 0.1) is 0 Å². The van der Waals surface area contributed by atoms with Crippen LogP contribution in [-0.2, 0) is 23.9 Å². The molecule has 0 saturated carbocycles. The van der Waals surface area contributed by atoms with Crippen molar-refractivity contribution < 1.29 is 4.21 Å². The summed E-state index contributed by atoms with van der Waals surface area (Å²) in [6.45, 7) is 5.63. The van der Waals surface area contributed by atoms with E-state index in [-0.39, 0.29) is 12.1 Å². The zero-order chi connectivity index (χ0) is 23.8. The molecular formula is C30H32N2OS. The quantitative estimate of drug-likeness (QED) is 0.277. The Morgan fingerprint density at radius 1 is 0.559 bits per heavy atom. The Balaban J connectivity index is 1.49. The second-order valence-corrected chi connectivity index (χ2v) is 9.93. The summed E-state index contributed by atoms with van der Waals surface area (Å²) >= 11 is 0. The summed E-state index contributed by atoms with van der Waals surface area (Å²) < 4.78 is 13.8. The van der Waals surface area contributed by atoms with E-state index in [9.17, 15) is 4.21 Å². The van der Waals surface area contributed by atoms with Gasteiger partial charge in [0.1, 0.15) is 0 Å². The SMILES string of the molecule is C[C@@H](NCc1ccccc1S(=O)c1ccccc1CN[C@H](C)c1ccccc1)c1ccccc1. The van der Waals surface area contributed by atoms with Gasteiger partial charge in [0.2, 0.25) is 0 Å². The molecule has 0 radical (unpaired) electrons. The van der Waals surface area contributed by atoms with Crippen molar-refractivity contribution in [2.45, 2.75) is 48.8 Å². The van der Waals surface area contributed by atoms with Crippen LogP contribution in [0.1, 0.15) is 48.2 Å². The first kappa shape index (κ1) is 24.1. The van der Waals surface area contributed by atoms with Gasteiger partial charge in [0.05, 0.1) is 10.8 Å². The molecule has 0 saturated heterocycles. The Kier molecular flexibility index (Phi) is 8.42. The number of hydrogen-bond donors (Lipinski definition) is 2. The van der Waals surface area contributed by atoms with Gasteiger partial charge in [0.25, 0.3) is 0 Å². The highest BCUT2D eigenvalue weighted by Gasteiger charge is 2.16. The molecule has 4 aromatic rings. The Morgan fingerprint density at radius 3 is 1.32 bits per heavy atom. The third kappa shape index (κ3) is 6.09. The molecule has 0 spiro atoms. The van der Waals surface area contributed by atoms with Gasteiger partial charge in [-0.05, 0) is 48.2 Å². The lowest BCUT2D eigenvalue weighted by Gasteiger charge is -2.18. The smallest absolute Gasteiger partial charge is 0.0856 e. The van der Waals surface area contributed by atoms with Crippen LogP contribution < -0.4 is 10.6 Å². The van der Waals surface area contributed by atoms with Gasteiger partial charge in [0, 0.05) is 35.0 Å². The van der Waals surface area contributed by atoms with Crippen molar-refractivity contribution in [2.75, 3.05) is 0 Å². The molecule has 2 atom stereocenters. The van der Waals surface area contributed by atoms with Gasteiger partial charge in [0.15, 0.2) is 0 Å². The monoisotopic (exact) mass is 468 g/mol. The zero-order valence-corrected chi connectivity index (χ0v) is 20.6. The lowest BCUT2D eigenvalue weighted by molar-refractivity contribution is 0.568. The molecule has 2 N–H and O–H groups in total. The molecule has 34 heavy (non-hydrogen) atoms. The molecule has 0 unspecified atom stereocenters. The fraction of sp³-hybridized carbons (Fsp3) is 0.200. The standard InChI is InChI=1S/C30H32N2OS/c1-23(25-13-5-3-6-14-25)31-21-27-17-9-11-19-29(27)34(33)30-20-12-10-18-28(30)22-32-24(2)26-15-7-4-8-16-26/h3-20,23-24,31-32H,21-22H2,1-2H3/t23-,24-/m1/s1. The Bertz CT molecular complexity index is 1120. The van der Waals surface area contributed by atoms with Crippen LogP contribution in [0.25, 0.3) is 0 Å². The summed E-state index contributed by atoms with van der Waals surface area (Å²) in [6.07, 6.45) is 0. The molecular weight excluding hydrogens is 436 g/mol. The van der Waals surface area contributed by atoms with Crippen molar-refractivity contribution in [3.05, 3.63) is 131 Å². The molecule has 0 fully saturated rings. The summed E-state index contributed by atoms with van der Waals surface area (Å²) in [5.41, 5.74) is 4.60. The van der Waals surface area contributed by atoms with E-state index in [1.165, 1.54) is 11.1 Å². The molecule has 0 amide bonds. The van der Waals surface area contributed by atoms with E-state index in [4.69, 9.17) is 0 Å². The summed E-state index contributed by atoms with van der Waals surface area (Å²) in [5, 5.41) is 7.18. The van der Waals surface area contributed by atoms with Crippen LogP contribution in [-0.4, -0.2) is 4.21 Å². The van der Waals surface area contributed by atoms with E-state index >= 15 is 0 Å². The van der Waals surface area contributed by atoms with Crippen LogP contribution in [0.4, 0.5) is 0 Å². The highest BCUT2D eigenvalue weighted by Crippen LogP contribution is 2.25. The first-order valence-electron chi connectivity index (χ1n) is 11.8. The third-order valence-electron chi connectivity index (χ3n) is 6.14. The average Bonchev–Trinajstić information content (AvgIpc) is 2.91. The van der Waals surface area contributed by atoms with Crippen molar-refractivity contribution in [3.63, 3.8) is 0 Å². The molecule has 4 rings (SSSR count). The van der Waals surface area contributed by atoms with Crippen LogP contribution in [0.3, 0.4) is 0 Å². The van der Waals surface area contributed by atoms with E-state index in [1.807, 2.05) is 48.5 Å². The second-order valence-electron chi connectivity index (χ2n) is 8.51. The summed E-state index contributed by atoms with van der Waals surface area (Å²) in [4.78, 5) is 1.72. The molecule has 0 aromatic heterocycles. The molecule has 0 bridgehead atoms. The first-order chi connectivity index (χ1) is 16.6. The molecule has 174 valence electrons.